The van der Waals surface area contributed by atoms with Crippen molar-refractivity contribution in [3.63, 3.8) is 0 Å². The fourth-order valence-corrected chi connectivity index (χ4v) is 3.25. The first kappa shape index (κ1) is 18.7. The average Bonchev–Trinajstić information content (AvgIpc) is 2.66. The second-order valence-electron chi connectivity index (χ2n) is 5.90. The maximum atomic E-state index is 12.3. The van der Waals surface area contributed by atoms with Crippen molar-refractivity contribution in [2.45, 2.75) is 0 Å². The van der Waals surface area contributed by atoms with Crippen LogP contribution < -0.4 is 10.2 Å². The minimum atomic E-state index is -0.261. The molecule has 1 fully saturated rings. The standard InChI is InChI=1S/C18H18BrClN4O2/c19-14-3-1-2-13(10-14)18(26)22-12-17(25)24-8-6-23(7-9-24)16-5-4-15(20)11-21-16/h1-5,10-11H,6-9,12H2,(H,22,26). The van der Waals surface area contributed by atoms with Crippen molar-refractivity contribution in [2.75, 3.05) is 37.6 Å². The molecule has 2 heterocycles. The Morgan fingerprint density at radius 3 is 2.58 bits per heavy atom. The second-order valence-corrected chi connectivity index (χ2v) is 7.25. The Hall–Kier alpha value is -2.12. The predicted molar refractivity (Wildman–Crippen MR) is 105 cm³/mol. The Morgan fingerprint density at radius 1 is 1.15 bits per heavy atom. The Labute approximate surface area is 165 Å². The van der Waals surface area contributed by atoms with Crippen molar-refractivity contribution in [1.82, 2.24) is 15.2 Å². The molecule has 1 saturated heterocycles. The molecule has 1 N–H and O–H groups in total. The number of carbonyl (C=O) groups excluding carboxylic acids is 2. The Bertz CT molecular complexity index is 792. The van der Waals surface area contributed by atoms with Crippen LogP contribution in [0.4, 0.5) is 5.82 Å². The van der Waals surface area contributed by atoms with Crippen LogP contribution in [0, 0.1) is 0 Å². The predicted octanol–water partition coefficient (Wildman–Crippen LogP) is 2.58. The first-order valence-corrected chi connectivity index (χ1v) is 9.38. The quantitative estimate of drug-likeness (QED) is 0.798. The van der Waals surface area contributed by atoms with Gasteiger partial charge in [0, 0.05) is 42.4 Å². The number of halogens is 2. The fourth-order valence-electron chi connectivity index (χ4n) is 2.74. The van der Waals surface area contributed by atoms with Crippen molar-refractivity contribution >= 4 is 45.2 Å². The van der Waals surface area contributed by atoms with Gasteiger partial charge in [0.05, 0.1) is 11.6 Å². The molecule has 1 aliphatic heterocycles. The monoisotopic (exact) mass is 436 g/mol. The molecule has 136 valence electrons. The van der Waals surface area contributed by atoms with E-state index in [9.17, 15) is 9.59 Å². The molecular weight excluding hydrogens is 420 g/mol. The molecule has 0 radical (unpaired) electrons. The lowest BCUT2D eigenvalue weighted by atomic mass is 10.2. The van der Waals surface area contributed by atoms with E-state index in [4.69, 9.17) is 11.6 Å². The molecule has 0 aliphatic carbocycles. The van der Waals surface area contributed by atoms with Crippen molar-refractivity contribution in [3.05, 3.63) is 57.7 Å². The van der Waals surface area contributed by atoms with Crippen LogP contribution in [0.25, 0.3) is 0 Å². The Kier molecular flexibility index (Phi) is 6.11. The van der Waals surface area contributed by atoms with Gasteiger partial charge in [-0.1, -0.05) is 33.6 Å². The Balaban J connectivity index is 1.47. The lowest BCUT2D eigenvalue weighted by Gasteiger charge is -2.35. The number of carbonyl (C=O) groups is 2. The number of pyridine rings is 1. The summed E-state index contributed by atoms with van der Waals surface area (Å²) in [5.74, 6) is 0.505. The lowest BCUT2D eigenvalue weighted by molar-refractivity contribution is -0.130. The zero-order valence-corrected chi connectivity index (χ0v) is 16.3. The van der Waals surface area contributed by atoms with Crippen LogP contribution in [0.5, 0.6) is 0 Å². The molecule has 2 aromatic rings. The summed E-state index contributed by atoms with van der Waals surface area (Å²) in [5, 5.41) is 3.28. The van der Waals surface area contributed by atoms with Crippen LogP contribution in [0.1, 0.15) is 10.4 Å². The second kappa shape index (κ2) is 8.51. The smallest absolute Gasteiger partial charge is 0.251 e. The highest BCUT2D eigenvalue weighted by Crippen LogP contribution is 2.16. The van der Waals surface area contributed by atoms with Crippen molar-refractivity contribution < 1.29 is 9.59 Å². The highest BCUT2D eigenvalue weighted by molar-refractivity contribution is 9.10. The highest BCUT2D eigenvalue weighted by Gasteiger charge is 2.22. The summed E-state index contributed by atoms with van der Waals surface area (Å²) < 4.78 is 0.823. The molecule has 0 unspecified atom stereocenters. The third-order valence-electron chi connectivity index (χ3n) is 4.16. The van der Waals surface area contributed by atoms with Gasteiger partial charge >= 0.3 is 0 Å². The van der Waals surface area contributed by atoms with Gasteiger partial charge in [0.2, 0.25) is 5.91 Å². The number of benzene rings is 1. The van der Waals surface area contributed by atoms with E-state index in [1.165, 1.54) is 0 Å². The molecule has 3 rings (SSSR count). The fraction of sp³-hybridized carbons (Fsp3) is 0.278. The van der Waals surface area contributed by atoms with Gasteiger partial charge in [-0.25, -0.2) is 4.98 Å². The van der Waals surface area contributed by atoms with Crippen LogP contribution in [0.3, 0.4) is 0 Å². The molecule has 0 saturated carbocycles. The molecule has 0 spiro atoms. The molecule has 2 amide bonds. The third-order valence-corrected chi connectivity index (χ3v) is 4.87. The van der Waals surface area contributed by atoms with Gasteiger partial charge in [0.25, 0.3) is 5.91 Å². The van der Waals surface area contributed by atoms with Gasteiger partial charge in [-0.05, 0) is 30.3 Å². The van der Waals surface area contributed by atoms with Gasteiger partial charge in [0.1, 0.15) is 5.82 Å². The number of anilines is 1. The minimum Gasteiger partial charge on any atom is -0.353 e. The molecule has 0 bridgehead atoms. The molecular formula is C18H18BrClN4O2. The molecule has 1 aromatic carbocycles. The van der Waals surface area contributed by atoms with E-state index in [1.54, 1.807) is 35.4 Å². The average molecular weight is 438 g/mol. The van der Waals surface area contributed by atoms with Gasteiger partial charge in [-0.3, -0.25) is 9.59 Å². The summed E-state index contributed by atoms with van der Waals surface area (Å²) in [6.07, 6.45) is 1.62. The maximum Gasteiger partial charge on any atom is 0.251 e. The van der Waals surface area contributed by atoms with E-state index in [1.807, 2.05) is 12.1 Å². The van der Waals surface area contributed by atoms with Crippen LogP contribution in [0.2, 0.25) is 5.02 Å². The van der Waals surface area contributed by atoms with E-state index < -0.39 is 0 Å². The van der Waals surface area contributed by atoms with E-state index in [2.05, 4.69) is 31.1 Å². The topological polar surface area (TPSA) is 65.5 Å². The number of nitrogens with zero attached hydrogens (tertiary/aromatic N) is 3. The van der Waals surface area contributed by atoms with Crippen LogP contribution >= 0.6 is 27.5 Å². The number of rotatable bonds is 4. The molecule has 6 nitrogen and oxygen atoms in total. The zero-order chi connectivity index (χ0) is 18.5. The summed E-state index contributed by atoms with van der Waals surface area (Å²) in [7, 11) is 0. The number of hydrogen-bond donors (Lipinski definition) is 1. The molecule has 1 aliphatic rings. The first-order valence-electron chi connectivity index (χ1n) is 8.21. The number of nitrogens with one attached hydrogen (secondary N) is 1. The van der Waals surface area contributed by atoms with Gasteiger partial charge in [-0.15, -0.1) is 0 Å². The summed E-state index contributed by atoms with van der Waals surface area (Å²) >= 11 is 9.19. The van der Waals surface area contributed by atoms with Crippen molar-refractivity contribution in [2.24, 2.45) is 0 Å². The van der Waals surface area contributed by atoms with Gasteiger partial charge in [-0.2, -0.15) is 0 Å². The first-order chi connectivity index (χ1) is 12.5. The zero-order valence-electron chi connectivity index (χ0n) is 14.0. The third kappa shape index (κ3) is 4.74. The minimum absolute atomic E-state index is 0.00938. The van der Waals surface area contributed by atoms with E-state index in [0.717, 1.165) is 10.3 Å². The number of amides is 2. The summed E-state index contributed by atoms with van der Waals surface area (Å²) in [6.45, 7) is 2.57. The SMILES string of the molecule is O=C(NCC(=O)N1CCN(c2ccc(Cl)cn2)CC1)c1cccc(Br)c1. The van der Waals surface area contributed by atoms with Crippen molar-refractivity contribution in [3.8, 4) is 0 Å². The molecule has 0 atom stereocenters. The summed E-state index contributed by atoms with van der Waals surface area (Å²) in [4.78, 5) is 32.6. The van der Waals surface area contributed by atoms with Gasteiger partial charge in [0.15, 0.2) is 0 Å². The van der Waals surface area contributed by atoms with Crippen LogP contribution in [-0.4, -0.2) is 54.4 Å². The molecule has 1 aromatic heterocycles. The number of piperazine rings is 1. The van der Waals surface area contributed by atoms with Crippen molar-refractivity contribution in [1.29, 1.82) is 0 Å². The van der Waals surface area contributed by atoms with E-state index >= 15 is 0 Å². The van der Waals surface area contributed by atoms with Crippen LogP contribution in [0.15, 0.2) is 47.1 Å². The van der Waals surface area contributed by atoms with Gasteiger partial charge < -0.3 is 15.1 Å². The largest absolute Gasteiger partial charge is 0.353 e. The lowest BCUT2D eigenvalue weighted by Crippen LogP contribution is -2.51. The number of aromatic nitrogens is 1. The normalized spacial score (nSPS) is 14.2. The summed E-state index contributed by atoms with van der Waals surface area (Å²) in [6, 6.07) is 10.7. The maximum absolute atomic E-state index is 12.3. The summed E-state index contributed by atoms with van der Waals surface area (Å²) in [5.41, 5.74) is 0.519. The molecule has 8 heteroatoms. The van der Waals surface area contributed by atoms with E-state index in [-0.39, 0.29) is 18.4 Å². The highest BCUT2D eigenvalue weighted by atomic mass is 79.9. The van der Waals surface area contributed by atoms with Crippen LogP contribution in [-0.2, 0) is 4.79 Å². The molecule has 26 heavy (non-hydrogen) atoms. The Morgan fingerprint density at radius 2 is 1.92 bits per heavy atom. The van der Waals surface area contributed by atoms with E-state index in [0.29, 0.717) is 36.8 Å². The number of hydrogen-bond acceptors (Lipinski definition) is 4.